The molecule has 1 N–H and O–H groups in total. The average Bonchev–Trinajstić information content (AvgIpc) is 3.14. The second kappa shape index (κ2) is 8.79. The van der Waals surface area contributed by atoms with E-state index in [0.29, 0.717) is 53.9 Å². The van der Waals surface area contributed by atoms with Gasteiger partial charge >= 0.3 is 0 Å². The van der Waals surface area contributed by atoms with Gasteiger partial charge in [0.2, 0.25) is 16.9 Å². The zero-order valence-electron chi connectivity index (χ0n) is 14.0. The van der Waals surface area contributed by atoms with Gasteiger partial charge in [0.25, 0.3) is 0 Å². The predicted molar refractivity (Wildman–Crippen MR) is 103 cm³/mol. The molecule has 0 aliphatic carbocycles. The largest absolute Gasteiger partial charge is 0.343 e. The summed E-state index contributed by atoms with van der Waals surface area (Å²) in [6, 6.07) is 5.31. The number of aryl methyl sites for hydroxylation is 1. The molecule has 2 aromatic rings. The number of nitrogens with one attached hydrogen (secondary N) is 1. The molecule has 3 rings (SSSR count). The number of likely N-dealkylation sites (tertiary alicyclic amines) is 1. The average molecular weight is 413 g/mol. The van der Waals surface area contributed by atoms with E-state index in [1.54, 1.807) is 17.6 Å². The number of rotatable bonds is 5. The summed E-state index contributed by atoms with van der Waals surface area (Å²) < 4.78 is 0. The maximum atomic E-state index is 12.4. The second-order valence-electron chi connectivity index (χ2n) is 6.12. The molecule has 26 heavy (non-hydrogen) atoms. The molecule has 2 heterocycles. The summed E-state index contributed by atoms with van der Waals surface area (Å²) in [6.07, 6.45) is 2.27. The monoisotopic (exact) mass is 412 g/mol. The summed E-state index contributed by atoms with van der Waals surface area (Å²) in [6.45, 7) is 1.17. The van der Waals surface area contributed by atoms with Crippen molar-refractivity contribution in [1.29, 1.82) is 0 Å². The predicted octanol–water partition coefficient (Wildman–Crippen LogP) is 3.65. The van der Waals surface area contributed by atoms with E-state index in [2.05, 4.69) is 15.5 Å². The van der Waals surface area contributed by atoms with Crippen LogP contribution in [0.1, 0.15) is 24.8 Å². The molecule has 1 fully saturated rings. The van der Waals surface area contributed by atoms with E-state index < -0.39 is 0 Å². The number of anilines is 1. The molecule has 1 saturated heterocycles. The fourth-order valence-corrected chi connectivity index (χ4v) is 3.90. The molecular weight excluding hydrogens is 395 g/mol. The van der Waals surface area contributed by atoms with Gasteiger partial charge in [0.15, 0.2) is 0 Å². The van der Waals surface area contributed by atoms with Gasteiger partial charge in [-0.05, 0) is 37.0 Å². The van der Waals surface area contributed by atoms with E-state index in [1.165, 1.54) is 11.3 Å². The van der Waals surface area contributed by atoms with Gasteiger partial charge < -0.3 is 10.2 Å². The van der Waals surface area contributed by atoms with Crippen molar-refractivity contribution in [3.05, 3.63) is 39.3 Å². The van der Waals surface area contributed by atoms with Crippen molar-refractivity contribution in [3.63, 3.8) is 0 Å². The van der Waals surface area contributed by atoms with E-state index in [9.17, 15) is 9.59 Å². The van der Waals surface area contributed by atoms with Crippen molar-refractivity contribution in [3.8, 4) is 0 Å². The van der Waals surface area contributed by atoms with E-state index >= 15 is 0 Å². The van der Waals surface area contributed by atoms with Gasteiger partial charge in [-0.2, -0.15) is 0 Å². The third kappa shape index (κ3) is 4.93. The quantitative estimate of drug-likeness (QED) is 0.812. The van der Waals surface area contributed by atoms with Crippen molar-refractivity contribution in [2.75, 3.05) is 18.4 Å². The molecule has 0 radical (unpaired) electrons. The first-order valence-electron chi connectivity index (χ1n) is 8.31. The Bertz CT molecular complexity index is 777. The van der Waals surface area contributed by atoms with Crippen LogP contribution in [0, 0.1) is 5.92 Å². The number of carbonyl (C=O) groups is 2. The number of nitrogens with zero attached hydrogens (tertiary/aromatic N) is 3. The van der Waals surface area contributed by atoms with Crippen LogP contribution in [0.4, 0.5) is 5.13 Å². The lowest BCUT2D eigenvalue weighted by molar-refractivity contribution is -0.134. The van der Waals surface area contributed by atoms with Crippen molar-refractivity contribution < 1.29 is 9.59 Å². The van der Waals surface area contributed by atoms with E-state index in [4.69, 9.17) is 23.2 Å². The Morgan fingerprint density at radius 3 is 2.69 bits per heavy atom. The maximum Gasteiger partial charge on any atom is 0.229 e. The fourth-order valence-electron chi connectivity index (χ4n) is 2.95. The summed E-state index contributed by atoms with van der Waals surface area (Å²) in [5.41, 5.74) is 2.49. The highest BCUT2D eigenvalue weighted by molar-refractivity contribution is 7.13. The van der Waals surface area contributed by atoms with Crippen LogP contribution in [0.15, 0.2) is 23.7 Å². The molecule has 138 valence electrons. The Labute approximate surface area is 165 Å². The number of aromatic nitrogens is 2. The number of halogens is 2. The summed E-state index contributed by atoms with van der Waals surface area (Å²) in [7, 11) is 0. The third-order valence-corrected chi connectivity index (χ3v) is 5.63. The van der Waals surface area contributed by atoms with Crippen molar-refractivity contribution >= 4 is 51.5 Å². The molecule has 0 spiro atoms. The van der Waals surface area contributed by atoms with Crippen LogP contribution >= 0.6 is 34.5 Å². The molecular formula is C17H18Cl2N4O2S. The van der Waals surface area contributed by atoms with Crippen LogP contribution in [-0.4, -0.2) is 40.0 Å². The Morgan fingerprint density at radius 1 is 1.27 bits per heavy atom. The van der Waals surface area contributed by atoms with Crippen LogP contribution in [0.3, 0.4) is 0 Å². The van der Waals surface area contributed by atoms with Crippen molar-refractivity contribution in [2.45, 2.75) is 25.7 Å². The van der Waals surface area contributed by atoms with Gasteiger partial charge in [-0.1, -0.05) is 40.6 Å². The SMILES string of the molecule is O=C(Nc1nncs1)C1CCN(C(=O)CCc2ccc(Cl)cc2Cl)CC1. The van der Waals surface area contributed by atoms with Crippen LogP contribution in [0.5, 0.6) is 0 Å². The summed E-state index contributed by atoms with van der Waals surface area (Å²) >= 11 is 13.3. The smallest absolute Gasteiger partial charge is 0.229 e. The minimum atomic E-state index is -0.103. The van der Waals surface area contributed by atoms with E-state index in [1.807, 2.05) is 11.0 Å². The van der Waals surface area contributed by atoms with Crippen LogP contribution in [-0.2, 0) is 16.0 Å². The van der Waals surface area contributed by atoms with Gasteiger partial charge in [0.1, 0.15) is 5.51 Å². The zero-order chi connectivity index (χ0) is 18.5. The Hall–Kier alpha value is -1.70. The second-order valence-corrected chi connectivity index (χ2v) is 7.80. The number of hydrogen-bond acceptors (Lipinski definition) is 5. The standard InChI is InChI=1S/C17H18Cl2N4O2S/c18-13-3-1-11(14(19)9-13)2-4-15(24)23-7-5-12(6-8-23)16(25)21-17-22-20-10-26-17/h1,3,9-10,12H,2,4-8H2,(H,21,22,25). The van der Waals surface area contributed by atoms with Crippen molar-refractivity contribution in [2.24, 2.45) is 5.92 Å². The summed E-state index contributed by atoms with van der Waals surface area (Å²) in [5, 5.41) is 12.0. The molecule has 1 aliphatic rings. The molecule has 1 aromatic heterocycles. The van der Waals surface area contributed by atoms with Crippen molar-refractivity contribution in [1.82, 2.24) is 15.1 Å². The molecule has 0 bridgehead atoms. The first kappa shape index (κ1) is 19.1. The van der Waals surface area contributed by atoms with E-state index in [-0.39, 0.29) is 17.7 Å². The molecule has 2 amide bonds. The Balaban J connectivity index is 1.45. The zero-order valence-corrected chi connectivity index (χ0v) is 16.3. The van der Waals surface area contributed by atoms with Crippen LogP contribution < -0.4 is 5.32 Å². The number of hydrogen-bond donors (Lipinski definition) is 1. The van der Waals surface area contributed by atoms with Gasteiger partial charge in [-0.25, -0.2) is 0 Å². The highest BCUT2D eigenvalue weighted by Gasteiger charge is 2.27. The minimum absolute atomic E-state index is 0.0539. The topological polar surface area (TPSA) is 75.2 Å². The van der Waals surface area contributed by atoms with Gasteiger partial charge in [0, 0.05) is 35.5 Å². The van der Waals surface area contributed by atoms with Crippen LogP contribution in [0.2, 0.25) is 10.0 Å². The number of piperidine rings is 1. The summed E-state index contributed by atoms with van der Waals surface area (Å²) in [4.78, 5) is 26.5. The Morgan fingerprint density at radius 2 is 2.04 bits per heavy atom. The minimum Gasteiger partial charge on any atom is -0.343 e. The fraction of sp³-hybridized carbons (Fsp3) is 0.412. The lowest BCUT2D eigenvalue weighted by Gasteiger charge is -2.31. The number of carbonyl (C=O) groups excluding carboxylic acids is 2. The summed E-state index contributed by atoms with van der Waals surface area (Å²) in [5.74, 6) is -0.0746. The molecule has 9 heteroatoms. The molecule has 1 aromatic carbocycles. The molecule has 0 atom stereocenters. The Kier molecular flexibility index (Phi) is 6.45. The lowest BCUT2D eigenvalue weighted by Crippen LogP contribution is -2.41. The molecule has 6 nitrogen and oxygen atoms in total. The number of benzene rings is 1. The molecule has 0 unspecified atom stereocenters. The lowest BCUT2D eigenvalue weighted by atomic mass is 9.95. The first-order chi connectivity index (χ1) is 12.5. The highest BCUT2D eigenvalue weighted by Crippen LogP contribution is 2.24. The van der Waals surface area contributed by atoms with Gasteiger partial charge in [0.05, 0.1) is 0 Å². The molecule has 0 saturated carbocycles. The third-order valence-electron chi connectivity index (χ3n) is 4.43. The van der Waals surface area contributed by atoms with Crippen LogP contribution in [0.25, 0.3) is 0 Å². The molecule has 1 aliphatic heterocycles. The number of amides is 2. The normalized spacial score (nSPS) is 15.1. The maximum absolute atomic E-state index is 12.4. The van der Waals surface area contributed by atoms with Gasteiger partial charge in [-0.3, -0.25) is 9.59 Å². The highest BCUT2D eigenvalue weighted by atomic mass is 35.5. The first-order valence-corrected chi connectivity index (χ1v) is 9.95. The van der Waals surface area contributed by atoms with E-state index in [0.717, 1.165) is 5.56 Å². The van der Waals surface area contributed by atoms with Gasteiger partial charge in [-0.15, -0.1) is 10.2 Å².